The van der Waals surface area contributed by atoms with Gasteiger partial charge in [-0.05, 0) is 101 Å². The Labute approximate surface area is 269 Å². The normalized spacial score (nSPS) is 37.9. The topological polar surface area (TPSA) is 80.7 Å². The lowest BCUT2D eigenvalue weighted by Gasteiger charge is -2.67. The van der Waals surface area contributed by atoms with Gasteiger partial charge in [-0.3, -0.25) is 4.90 Å². The molecule has 8 heteroatoms. The third-order valence-electron chi connectivity index (χ3n) is 11.8. The Morgan fingerprint density at radius 3 is 2.56 bits per heavy atom. The predicted molar refractivity (Wildman–Crippen MR) is 173 cm³/mol. The van der Waals surface area contributed by atoms with Crippen LogP contribution >= 0.6 is 0 Å². The number of methoxy groups -OCH3 is 1. The van der Waals surface area contributed by atoms with Crippen LogP contribution in [0.15, 0.2) is 24.3 Å². The molecule has 248 valence electrons. The van der Waals surface area contributed by atoms with Gasteiger partial charge in [0, 0.05) is 37.2 Å². The van der Waals surface area contributed by atoms with Crippen molar-refractivity contribution in [3.63, 3.8) is 0 Å². The first-order chi connectivity index (χ1) is 21.2. The number of amides is 1. The second kappa shape index (κ2) is 10.9. The zero-order chi connectivity index (χ0) is 31.8. The van der Waals surface area contributed by atoms with Gasteiger partial charge >= 0.3 is 6.09 Å². The molecule has 1 aromatic rings. The summed E-state index contributed by atoms with van der Waals surface area (Å²) in [6.45, 7) is 15.0. The summed E-state index contributed by atoms with van der Waals surface area (Å²) in [4.78, 5) is 18.4. The number of carbonyl (C=O) groups is 1. The summed E-state index contributed by atoms with van der Waals surface area (Å²) < 4.78 is 24.5. The lowest BCUT2D eigenvalue weighted by Crippen LogP contribution is -2.67. The van der Waals surface area contributed by atoms with Crippen LogP contribution in [0.1, 0.15) is 97.1 Å². The van der Waals surface area contributed by atoms with Crippen molar-refractivity contribution >= 4 is 6.09 Å². The first kappa shape index (κ1) is 31.3. The maximum Gasteiger partial charge on any atom is 0.410 e. The van der Waals surface area contributed by atoms with Gasteiger partial charge in [0.2, 0.25) is 0 Å². The molecule has 2 heterocycles. The molecule has 45 heavy (non-hydrogen) atoms. The zero-order valence-corrected chi connectivity index (χ0v) is 28.3. The summed E-state index contributed by atoms with van der Waals surface area (Å²) in [5.41, 5.74) is 2.18. The van der Waals surface area contributed by atoms with Crippen LogP contribution in [0.5, 0.6) is 11.5 Å². The van der Waals surface area contributed by atoms with Crippen LogP contribution in [-0.4, -0.2) is 84.3 Å². The third-order valence-corrected chi connectivity index (χ3v) is 11.8. The highest BCUT2D eigenvalue weighted by Crippen LogP contribution is 2.67. The van der Waals surface area contributed by atoms with Crippen LogP contribution < -0.4 is 9.47 Å². The third kappa shape index (κ3) is 5.57. The Bertz CT molecular complexity index is 1330. The fourth-order valence-electron chi connectivity index (χ4n) is 11.2. The molecule has 0 radical (unpaired) electrons. The molecule has 2 aliphatic heterocycles. The Morgan fingerprint density at radius 2 is 1.87 bits per heavy atom. The average molecular weight is 623 g/mol. The van der Waals surface area contributed by atoms with E-state index in [1.54, 1.807) is 7.11 Å². The summed E-state index contributed by atoms with van der Waals surface area (Å²) in [6, 6.07) is 4.18. The van der Waals surface area contributed by atoms with Gasteiger partial charge in [0.25, 0.3) is 0 Å². The van der Waals surface area contributed by atoms with Crippen molar-refractivity contribution in [3.8, 4) is 11.5 Å². The van der Waals surface area contributed by atoms with Crippen LogP contribution in [0, 0.1) is 16.7 Å². The SMILES string of the molecule is COc1ccc2c3c1O[C@H]1C[C@@H](O)C=C[C@@]31CCN(CCOCCN(C(=O)OC(C)(C)C)C13CC4C[C@@](C)(C1)C[C@](C)(C4)C3)C2. The van der Waals surface area contributed by atoms with Gasteiger partial charge in [-0.1, -0.05) is 32.1 Å². The monoisotopic (exact) mass is 622 g/mol. The molecule has 1 aromatic carbocycles. The number of rotatable bonds is 8. The van der Waals surface area contributed by atoms with E-state index in [4.69, 9.17) is 18.9 Å². The summed E-state index contributed by atoms with van der Waals surface area (Å²) >= 11 is 0. The molecule has 1 N–H and O–H groups in total. The number of nitrogens with zero attached hydrogens (tertiary/aromatic N) is 2. The minimum atomic E-state index is -0.533. The van der Waals surface area contributed by atoms with Gasteiger partial charge in [-0.15, -0.1) is 0 Å². The number of hydrogen-bond acceptors (Lipinski definition) is 7. The summed E-state index contributed by atoms with van der Waals surface area (Å²) in [6.07, 6.45) is 12.0. The van der Waals surface area contributed by atoms with Gasteiger partial charge in [-0.2, -0.15) is 0 Å². The van der Waals surface area contributed by atoms with E-state index in [9.17, 15) is 9.90 Å². The molecule has 0 aromatic heterocycles. The zero-order valence-electron chi connectivity index (χ0n) is 28.3. The highest BCUT2D eigenvalue weighted by Gasteiger charge is 2.63. The first-order valence-corrected chi connectivity index (χ1v) is 17.3. The molecule has 4 saturated carbocycles. The maximum absolute atomic E-state index is 13.8. The van der Waals surface area contributed by atoms with Crippen LogP contribution in [-0.2, 0) is 21.4 Å². The van der Waals surface area contributed by atoms with Crippen LogP contribution in [0.25, 0.3) is 0 Å². The van der Waals surface area contributed by atoms with Crippen molar-refractivity contribution in [2.45, 2.75) is 121 Å². The van der Waals surface area contributed by atoms with Crippen molar-refractivity contribution in [3.05, 3.63) is 35.4 Å². The van der Waals surface area contributed by atoms with Crippen molar-refractivity contribution < 1.29 is 28.8 Å². The van der Waals surface area contributed by atoms with Crippen LogP contribution in [0.2, 0.25) is 0 Å². The van der Waals surface area contributed by atoms with Crippen molar-refractivity contribution in [1.29, 1.82) is 0 Å². The van der Waals surface area contributed by atoms with Crippen molar-refractivity contribution in [2.24, 2.45) is 16.7 Å². The summed E-state index contributed by atoms with van der Waals surface area (Å²) in [7, 11) is 1.69. The second-order valence-electron chi connectivity index (χ2n) is 17.1. The quantitative estimate of drug-likeness (QED) is 0.272. The summed E-state index contributed by atoms with van der Waals surface area (Å²) in [5, 5.41) is 10.4. The number of aliphatic hydroxyl groups is 1. The Morgan fingerprint density at radius 1 is 1.11 bits per heavy atom. The van der Waals surface area contributed by atoms with Crippen LogP contribution in [0.4, 0.5) is 4.79 Å². The van der Waals surface area contributed by atoms with E-state index < -0.39 is 11.7 Å². The lowest BCUT2D eigenvalue weighted by atomic mass is 9.42. The second-order valence-corrected chi connectivity index (χ2v) is 17.1. The van der Waals surface area contributed by atoms with Gasteiger partial charge in [0.15, 0.2) is 11.5 Å². The highest BCUT2D eigenvalue weighted by molar-refractivity contribution is 5.69. The molecule has 7 atom stereocenters. The van der Waals surface area contributed by atoms with E-state index >= 15 is 0 Å². The summed E-state index contributed by atoms with van der Waals surface area (Å²) in [5.74, 6) is 2.29. The van der Waals surface area contributed by atoms with E-state index in [0.29, 0.717) is 42.9 Å². The molecule has 1 spiro atoms. The van der Waals surface area contributed by atoms with E-state index in [2.05, 4.69) is 35.8 Å². The maximum atomic E-state index is 13.8. The number of hydrogen-bond donors (Lipinski definition) is 1. The minimum Gasteiger partial charge on any atom is -0.493 e. The Kier molecular flexibility index (Phi) is 7.57. The van der Waals surface area contributed by atoms with Gasteiger partial charge in [0.05, 0.1) is 31.8 Å². The molecule has 8 rings (SSSR count). The number of carbonyl (C=O) groups excluding carboxylic acids is 1. The fraction of sp³-hybridized carbons (Fsp3) is 0.757. The number of aliphatic hydroxyl groups excluding tert-OH is 1. The van der Waals surface area contributed by atoms with Gasteiger partial charge in [0.1, 0.15) is 11.7 Å². The first-order valence-electron chi connectivity index (χ1n) is 17.3. The molecule has 5 aliphatic carbocycles. The van der Waals surface area contributed by atoms with Gasteiger partial charge in [-0.25, -0.2) is 4.79 Å². The lowest BCUT2D eigenvalue weighted by molar-refractivity contribution is -0.159. The molecule has 4 fully saturated rings. The number of benzene rings is 1. The highest BCUT2D eigenvalue weighted by atomic mass is 16.6. The van der Waals surface area contributed by atoms with E-state index in [-0.39, 0.29) is 23.2 Å². The molecule has 2 unspecified atom stereocenters. The fourth-order valence-corrected chi connectivity index (χ4v) is 11.2. The van der Waals surface area contributed by atoms with Gasteiger partial charge < -0.3 is 29.0 Å². The van der Waals surface area contributed by atoms with Crippen molar-refractivity contribution in [2.75, 3.05) is 40.0 Å². The molecule has 8 nitrogen and oxygen atoms in total. The molecule has 4 bridgehead atoms. The Hall–Kier alpha value is -2.29. The minimum absolute atomic E-state index is 0.0910. The van der Waals surface area contributed by atoms with Crippen molar-refractivity contribution in [1.82, 2.24) is 9.80 Å². The van der Waals surface area contributed by atoms with Crippen LogP contribution in [0.3, 0.4) is 0 Å². The largest absolute Gasteiger partial charge is 0.493 e. The standard InChI is InChI=1S/C37H54N2O6/c1-33(2,3)45-32(41)39(36-20-25-18-34(4,23-36)22-35(5,19-25)24-36)14-16-43-15-13-38-12-11-37-10-9-27(40)17-29(37)44-31-28(42-6)8-7-26(21-38)30(31)37/h7-10,25,27,29,40H,11-24H2,1-6H3/t25?,27-,29-,34-,35+,36?,37-/m0/s1. The van der Waals surface area contributed by atoms with E-state index in [1.807, 2.05) is 32.9 Å². The Balaban J connectivity index is 1.02. The predicted octanol–water partition coefficient (Wildman–Crippen LogP) is 6.22. The molecular weight excluding hydrogens is 568 g/mol. The number of ether oxygens (including phenoxy) is 4. The molecule has 1 amide bonds. The van der Waals surface area contributed by atoms with E-state index in [1.165, 1.54) is 30.4 Å². The average Bonchev–Trinajstić information content (AvgIpc) is 3.15. The van der Waals surface area contributed by atoms with E-state index in [0.717, 1.165) is 56.8 Å². The molecular formula is C37H54N2O6. The molecule has 7 aliphatic rings. The molecule has 0 saturated heterocycles. The smallest absolute Gasteiger partial charge is 0.410 e.